The smallest absolute Gasteiger partial charge is 0.126 e. The molecular formula is C14H24N4. The lowest BCUT2D eigenvalue weighted by Crippen LogP contribution is -2.34. The number of rotatable bonds is 2. The maximum Gasteiger partial charge on any atom is 0.126 e. The van der Waals surface area contributed by atoms with Gasteiger partial charge in [-0.05, 0) is 25.9 Å². The van der Waals surface area contributed by atoms with E-state index in [4.69, 9.17) is 4.98 Å². The first-order valence-electron chi connectivity index (χ1n) is 7.30. The Morgan fingerprint density at radius 3 is 3.06 bits per heavy atom. The highest BCUT2D eigenvalue weighted by Crippen LogP contribution is 2.31. The van der Waals surface area contributed by atoms with Gasteiger partial charge in [-0.3, -0.25) is 4.90 Å². The zero-order valence-corrected chi connectivity index (χ0v) is 11.6. The molecule has 3 heterocycles. The Balaban J connectivity index is 1.93. The minimum Gasteiger partial charge on any atom is -0.333 e. The van der Waals surface area contributed by atoms with Crippen LogP contribution in [0.2, 0.25) is 0 Å². The largest absolute Gasteiger partial charge is 0.333 e. The van der Waals surface area contributed by atoms with Crippen LogP contribution in [0.15, 0.2) is 0 Å². The number of hydrogen-bond donors (Lipinski definition) is 1. The van der Waals surface area contributed by atoms with Crippen LogP contribution in [0.3, 0.4) is 0 Å². The summed E-state index contributed by atoms with van der Waals surface area (Å²) in [4.78, 5) is 7.52. The summed E-state index contributed by atoms with van der Waals surface area (Å²) in [5.41, 5.74) is 2.73. The molecule has 1 atom stereocenters. The average molecular weight is 248 g/mol. The second-order valence-corrected chi connectivity index (χ2v) is 5.49. The molecule has 0 saturated carbocycles. The van der Waals surface area contributed by atoms with Crippen LogP contribution in [0.4, 0.5) is 0 Å². The van der Waals surface area contributed by atoms with Crippen LogP contribution < -0.4 is 5.32 Å². The summed E-state index contributed by atoms with van der Waals surface area (Å²) in [6, 6.07) is 0.541. The van der Waals surface area contributed by atoms with E-state index < -0.39 is 0 Å². The van der Waals surface area contributed by atoms with E-state index in [1.165, 1.54) is 43.0 Å². The normalized spacial score (nSPS) is 25.1. The van der Waals surface area contributed by atoms with Crippen LogP contribution in [0.25, 0.3) is 0 Å². The number of nitrogens with zero attached hydrogens (tertiary/aromatic N) is 3. The lowest BCUT2D eigenvalue weighted by atomic mass is 10.0. The van der Waals surface area contributed by atoms with Crippen molar-refractivity contribution in [3.05, 3.63) is 17.2 Å². The summed E-state index contributed by atoms with van der Waals surface area (Å²) in [6.45, 7) is 6.68. The third kappa shape index (κ3) is 1.97. The first-order chi connectivity index (χ1) is 8.81. The maximum atomic E-state index is 4.93. The topological polar surface area (TPSA) is 33.1 Å². The van der Waals surface area contributed by atoms with Gasteiger partial charge in [0.25, 0.3) is 0 Å². The predicted molar refractivity (Wildman–Crippen MR) is 72.5 cm³/mol. The fourth-order valence-corrected chi connectivity index (χ4v) is 3.44. The fraction of sp³-hybridized carbons (Fsp3) is 0.786. The number of fused-ring (bicyclic) bond motifs is 1. The van der Waals surface area contributed by atoms with Gasteiger partial charge in [0.15, 0.2) is 0 Å². The Morgan fingerprint density at radius 2 is 2.28 bits per heavy atom. The minimum absolute atomic E-state index is 0.541. The quantitative estimate of drug-likeness (QED) is 0.863. The molecule has 4 nitrogen and oxygen atoms in total. The molecule has 4 heteroatoms. The van der Waals surface area contributed by atoms with Gasteiger partial charge in [-0.25, -0.2) is 4.98 Å². The van der Waals surface area contributed by atoms with Crippen molar-refractivity contribution in [2.75, 3.05) is 19.6 Å². The van der Waals surface area contributed by atoms with Gasteiger partial charge >= 0.3 is 0 Å². The van der Waals surface area contributed by atoms with Gasteiger partial charge in [-0.1, -0.05) is 13.3 Å². The first-order valence-corrected chi connectivity index (χ1v) is 7.30. The highest BCUT2D eigenvalue weighted by atomic mass is 15.2. The van der Waals surface area contributed by atoms with E-state index >= 15 is 0 Å². The summed E-state index contributed by atoms with van der Waals surface area (Å²) in [5.74, 6) is 1.30. The highest BCUT2D eigenvalue weighted by Gasteiger charge is 2.28. The predicted octanol–water partition coefficient (Wildman–Crippen LogP) is 1.61. The lowest BCUT2D eigenvalue weighted by molar-refractivity contribution is 0.147. The van der Waals surface area contributed by atoms with Crippen molar-refractivity contribution in [2.45, 2.75) is 45.2 Å². The molecule has 1 fully saturated rings. The second kappa shape index (κ2) is 5.02. The molecule has 2 aliphatic rings. The van der Waals surface area contributed by atoms with Crippen LogP contribution in [0.1, 0.15) is 49.4 Å². The molecule has 0 amide bonds. The molecular weight excluding hydrogens is 224 g/mol. The molecule has 1 aromatic rings. The van der Waals surface area contributed by atoms with Gasteiger partial charge in [0.05, 0.1) is 11.7 Å². The van der Waals surface area contributed by atoms with Crippen LogP contribution in [-0.2, 0) is 20.0 Å². The van der Waals surface area contributed by atoms with E-state index in [2.05, 4.69) is 28.8 Å². The van der Waals surface area contributed by atoms with Crippen LogP contribution in [-0.4, -0.2) is 34.1 Å². The number of imidazole rings is 1. The Kier molecular flexibility index (Phi) is 3.39. The van der Waals surface area contributed by atoms with Crippen LogP contribution in [0, 0.1) is 0 Å². The Bertz CT molecular complexity index is 424. The molecule has 100 valence electrons. The number of likely N-dealkylation sites (tertiary alicyclic amines) is 1. The average Bonchev–Trinajstić information content (AvgIpc) is 2.76. The van der Waals surface area contributed by atoms with Gasteiger partial charge in [0, 0.05) is 32.3 Å². The number of piperidine rings is 1. The summed E-state index contributed by atoms with van der Waals surface area (Å²) < 4.78 is 2.37. The van der Waals surface area contributed by atoms with Gasteiger partial charge in [0.1, 0.15) is 5.82 Å². The molecule has 0 aromatic carbocycles. The van der Waals surface area contributed by atoms with E-state index in [0.717, 1.165) is 26.1 Å². The van der Waals surface area contributed by atoms with Crippen molar-refractivity contribution < 1.29 is 0 Å². The summed E-state index contributed by atoms with van der Waals surface area (Å²) >= 11 is 0. The van der Waals surface area contributed by atoms with Gasteiger partial charge < -0.3 is 9.88 Å². The number of nitrogens with one attached hydrogen (secondary N) is 1. The molecule has 0 bridgehead atoms. The van der Waals surface area contributed by atoms with E-state index in [1.54, 1.807) is 0 Å². The molecule has 0 aliphatic carbocycles. The Labute approximate surface area is 109 Å². The lowest BCUT2D eigenvalue weighted by Gasteiger charge is -2.34. The van der Waals surface area contributed by atoms with Crippen molar-refractivity contribution in [1.29, 1.82) is 0 Å². The molecule has 1 saturated heterocycles. The van der Waals surface area contributed by atoms with E-state index in [1.807, 2.05) is 0 Å². The van der Waals surface area contributed by atoms with Gasteiger partial charge in [0.2, 0.25) is 0 Å². The van der Waals surface area contributed by atoms with Crippen LogP contribution in [0.5, 0.6) is 0 Å². The Morgan fingerprint density at radius 1 is 1.39 bits per heavy atom. The van der Waals surface area contributed by atoms with Gasteiger partial charge in [-0.15, -0.1) is 0 Å². The molecule has 2 aliphatic heterocycles. The molecule has 0 spiro atoms. The zero-order valence-electron chi connectivity index (χ0n) is 11.6. The van der Waals surface area contributed by atoms with Crippen molar-refractivity contribution in [3.63, 3.8) is 0 Å². The third-order valence-electron chi connectivity index (χ3n) is 4.48. The molecule has 0 radical (unpaired) electrons. The zero-order chi connectivity index (χ0) is 12.5. The minimum atomic E-state index is 0.541. The molecule has 1 aromatic heterocycles. The summed E-state index contributed by atoms with van der Waals surface area (Å²) in [7, 11) is 2.20. The summed E-state index contributed by atoms with van der Waals surface area (Å²) in [5, 5.41) is 3.42. The van der Waals surface area contributed by atoms with Crippen LogP contribution >= 0.6 is 0 Å². The van der Waals surface area contributed by atoms with Gasteiger partial charge in [-0.2, -0.15) is 0 Å². The number of aromatic nitrogens is 2. The van der Waals surface area contributed by atoms with Crippen molar-refractivity contribution >= 4 is 0 Å². The molecule has 3 rings (SSSR count). The van der Waals surface area contributed by atoms with E-state index in [9.17, 15) is 0 Å². The van der Waals surface area contributed by atoms with Crippen molar-refractivity contribution in [1.82, 2.24) is 19.8 Å². The molecule has 18 heavy (non-hydrogen) atoms. The summed E-state index contributed by atoms with van der Waals surface area (Å²) in [6.07, 6.45) is 5.08. The number of hydrogen-bond acceptors (Lipinski definition) is 3. The molecule has 1 unspecified atom stereocenters. The fourth-order valence-electron chi connectivity index (χ4n) is 3.44. The van der Waals surface area contributed by atoms with E-state index in [-0.39, 0.29) is 0 Å². The Hall–Kier alpha value is -0.870. The monoisotopic (exact) mass is 248 g/mol. The van der Waals surface area contributed by atoms with E-state index in [0.29, 0.717) is 6.04 Å². The standard InChI is InChI=1S/C14H24N4/c1-3-18-9-5-4-6-13(18)14-16-11-10-15-8-7-12(11)17(14)2/h13,15H,3-10H2,1-2H3. The highest BCUT2D eigenvalue weighted by molar-refractivity contribution is 5.21. The SMILES string of the molecule is CCN1CCCCC1c1nc2c(n1C)CCNC2. The maximum absolute atomic E-state index is 4.93. The molecule has 1 N–H and O–H groups in total. The van der Waals surface area contributed by atoms with Crippen molar-refractivity contribution in [3.8, 4) is 0 Å². The first kappa shape index (κ1) is 12.2. The van der Waals surface area contributed by atoms with Crippen molar-refractivity contribution in [2.24, 2.45) is 7.05 Å². The third-order valence-corrected chi connectivity index (χ3v) is 4.48. The second-order valence-electron chi connectivity index (χ2n) is 5.49.